The molecule has 0 fully saturated rings. The molecule has 10 heteroatoms. The largest absolute Gasteiger partial charge is 0.494 e. The number of carbonyl (C=O) groups excluding carboxylic acids is 1. The van der Waals surface area contributed by atoms with E-state index < -0.39 is 22.0 Å². The summed E-state index contributed by atoms with van der Waals surface area (Å²) in [5.74, 6) is 0.194. The highest BCUT2D eigenvalue weighted by Crippen LogP contribution is 2.29. The van der Waals surface area contributed by atoms with Gasteiger partial charge >= 0.3 is 0 Å². The molecule has 1 unspecified atom stereocenters. The maximum absolute atomic E-state index is 12.4. The van der Waals surface area contributed by atoms with E-state index in [1.54, 1.807) is 25.1 Å². The first kappa shape index (κ1) is 22.1. The van der Waals surface area contributed by atoms with Crippen LogP contribution in [0.25, 0.3) is 0 Å². The standard InChI is InChI=1S/C18H20Cl2N2O5S/c1-4-28(24,25)22-16-8-5-12(9-17(16)26-3)21-18(23)11(2)27-13-6-7-14(19)15(20)10-13/h5-11,22H,4H2,1-3H3,(H,21,23). The Morgan fingerprint density at radius 2 is 1.86 bits per heavy atom. The van der Waals surface area contributed by atoms with E-state index in [1.165, 1.54) is 32.2 Å². The minimum absolute atomic E-state index is 0.0712. The third-order valence-corrected chi connectivity index (χ3v) is 5.72. The molecule has 1 atom stereocenters. The molecular formula is C18H20Cl2N2O5S. The number of nitrogens with one attached hydrogen (secondary N) is 2. The molecule has 2 rings (SSSR count). The molecule has 0 radical (unpaired) electrons. The van der Waals surface area contributed by atoms with Gasteiger partial charge in [-0.05, 0) is 38.1 Å². The first-order valence-electron chi connectivity index (χ1n) is 8.26. The summed E-state index contributed by atoms with van der Waals surface area (Å²) in [7, 11) is -2.05. The highest BCUT2D eigenvalue weighted by Gasteiger charge is 2.17. The fourth-order valence-electron chi connectivity index (χ4n) is 2.14. The number of ether oxygens (including phenoxy) is 2. The van der Waals surface area contributed by atoms with Gasteiger partial charge in [-0.1, -0.05) is 23.2 Å². The fraction of sp³-hybridized carbons (Fsp3) is 0.278. The second kappa shape index (κ2) is 9.36. The summed E-state index contributed by atoms with van der Waals surface area (Å²) >= 11 is 11.8. The van der Waals surface area contributed by atoms with E-state index >= 15 is 0 Å². The Morgan fingerprint density at radius 1 is 1.14 bits per heavy atom. The summed E-state index contributed by atoms with van der Waals surface area (Å²) in [6, 6.07) is 9.27. The number of hydrogen-bond donors (Lipinski definition) is 2. The normalized spacial score (nSPS) is 12.2. The number of benzene rings is 2. The van der Waals surface area contributed by atoms with Crippen molar-refractivity contribution in [2.24, 2.45) is 0 Å². The smallest absolute Gasteiger partial charge is 0.265 e. The number of hydrogen-bond acceptors (Lipinski definition) is 5. The molecule has 0 aliphatic heterocycles. The SMILES string of the molecule is CCS(=O)(=O)Nc1ccc(NC(=O)C(C)Oc2ccc(Cl)c(Cl)c2)cc1OC. The topological polar surface area (TPSA) is 93.7 Å². The maximum atomic E-state index is 12.4. The van der Waals surface area contributed by atoms with Gasteiger partial charge in [0.15, 0.2) is 6.10 Å². The summed E-state index contributed by atoms with van der Waals surface area (Å²) in [5, 5.41) is 3.39. The molecule has 2 aromatic rings. The van der Waals surface area contributed by atoms with Crippen LogP contribution in [0, 0.1) is 0 Å². The lowest BCUT2D eigenvalue weighted by Crippen LogP contribution is -2.30. The third-order valence-electron chi connectivity index (χ3n) is 3.69. The van der Waals surface area contributed by atoms with Crippen LogP contribution in [0.4, 0.5) is 11.4 Å². The molecule has 0 aliphatic rings. The van der Waals surface area contributed by atoms with Crippen LogP contribution in [0.5, 0.6) is 11.5 Å². The van der Waals surface area contributed by atoms with Crippen LogP contribution in [-0.4, -0.2) is 33.3 Å². The minimum atomic E-state index is -3.45. The molecule has 0 aliphatic carbocycles. The lowest BCUT2D eigenvalue weighted by molar-refractivity contribution is -0.122. The van der Waals surface area contributed by atoms with Crippen LogP contribution in [0.1, 0.15) is 13.8 Å². The van der Waals surface area contributed by atoms with Gasteiger partial charge in [0.25, 0.3) is 5.91 Å². The quantitative estimate of drug-likeness (QED) is 0.634. The van der Waals surface area contributed by atoms with Crippen molar-refractivity contribution in [1.82, 2.24) is 0 Å². The Balaban J connectivity index is 2.09. The molecule has 0 heterocycles. The highest BCUT2D eigenvalue weighted by molar-refractivity contribution is 7.92. The van der Waals surface area contributed by atoms with Gasteiger partial charge in [-0.15, -0.1) is 0 Å². The molecule has 0 saturated carbocycles. The van der Waals surface area contributed by atoms with Gasteiger partial charge in [-0.3, -0.25) is 9.52 Å². The number of anilines is 2. The molecule has 0 bridgehead atoms. The Kier molecular flexibility index (Phi) is 7.40. The van der Waals surface area contributed by atoms with Gasteiger partial charge in [0, 0.05) is 17.8 Å². The average Bonchev–Trinajstić information content (AvgIpc) is 2.65. The zero-order valence-corrected chi connectivity index (χ0v) is 17.8. The Hall–Kier alpha value is -2.16. The molecule has 2 N–H and O–H groups in total. The van der Waals surface area contributed by atoms with Crippen LogP contribution in [-0.2, 0) is 14.8 Å². The van der Waals surface area contributed by atoms with Crippen molar-refractivity contribution in [2.45, 2.75) is 20.0 Å². The van der Waals surface area contributed by atoms with E-state index in [0.717, 1.165) is 0 Å². The fourth-order valence-corrected chi connectivity index (χ4v) is 3.08. The van der Waals surface area contributed by atoms with Crippen molar-refractivity contribution >= 4 is 50.5 Å². The van der Waals surface area contributed by atoms with Crippen molar-refractivity contribution in [3.05, 3.63) is 46.4 Å². The number of rotatable bonds is 8. The van der Waals surface area contributed by atoms with Crippen molar-refractivity contribution in [3.8, 4) is 11.5 Å². The summed E-state index contributed by atoms with van der Waals surface area (Å²) in [4.78, 5) is 12.4. The van der Waals surface area contributed by atoms with E-state index in [4.69, 9.17) is 32.7 Å². The lowest BCUT2D eigenvalue weighted by atomic mass is 10.2. The van der Waals surface area contributed by atoms with Crippen molar-refractivity contribution in [1.29, 1.82) is 0 Å². The van der Waals surface area contributed by atoms with Gasteiger partial charge in [-0.25, -0.2) is 8.42 Å². The molecule has 152 valence electrons. The number of amides is 1. The van der Waals surface area contributed by atoms with Crippen molar-refractivity contribution < 1.29 is 22.7 Å². The molecule has 0 spiro atoms. The number of carbonyl (C=O) groups is 1. The molecule has 7 nitrogen and oxygen atoms in total. The second-order valence-corrected chi connectivity index (χ2v) is 8.57. The van der Waals surface area contributed by atoms with Gasteiger partial charge in [0.2, 0.25) is 10.0 Å². The summed E-state index contributed by atoms with van der Waals surface area (Å²) in [6.07, 6.45) is -0.818. The molecule has 28 heavy (non-hydrogen) atoms. The summed E-state index contributed by atoms with van der Waals surface area (Å²) in [6.45, 7) is 3.11. The predicted octanol–water partition coefficient (Wildman–Crippen LogP) is 4.17. The summed E-state index contributed by atoms with van der Waals surface area (Å²) in [5.41, 5.74) is 0.702. The number of halogens is 2. The molecule has 0 aromatic heterocycles. The number of sulfonamides is 1. The molecule has 2 aromatic carbocycles. The Bertz CT molecular complexity index is 966. The minimum Gasteiger partial charge on any atom is -0.494 e. The zero-order valence-electron chi connectivity index (χ0n) is 15.5. The Labute approximate surface area is 174 Å². The Morgan fingerprint density at radius 3 is 2.46 bits per heavy atom. The van der Waals surface area contributed by atoms with Crippen LogP contribution < -0.4 is 19.5 Å². The van der Waals surface area contributed by atoms with Crippen LogP contribution >= 0.6 is 23.2 Å². The van der Waals surface area contributed by atoms with Crippen LogP contribution in [0.15, 0.2) is 36.4 Å². The first-order chi connectivity index (χ1) is 13.1. The van der Waals surface area contributed by atoms with Gasteiger partial charge < -0.3 is 14.8 Å². The van der Waals surface area contributed by atoms with Crippen LogP contribution in [0.2, 0.25) is 10.0 Å². The maximum Gasteiger partial charge on any atom is 0.265 e. The summed E-state index contributed by atoms with van der Waals surface area (Å²) < 4.78 is 36.7. The zero-order chi connectivity index (χ0) is 20.9. The van der Waals surface area contributed by atoms with Gasteiger partial charge in [-0.2, -0.15) is 0 Å². The van der Waals surface area contributed by atoms with E-state index in [2.05, 4.69) is 10.0 Å². The van der Waals surface area contributed by atoms with E-state index in [1.807, 2.05) is 0 Å². The van der Waals surface area contributed by atoms with Crippen molar-refractivity contribution in [2.75, 3.05) is 22.9 Å². The molecule has 1 amide bonds. The van der Waals surface area contributed by atoms with Crippen molar-refractivity contribution in [3.63, 3.8) is 0 Å². The second-order valence-electron chi connectivity index (χ2n) is 5.75. The molecular weight excluding hydrogens is 427 g/mol. The van der Waals surface area contributed by atoms with E-state index in [9.17, 15) is 13.2 Å². The van der Waals surface area contributed by atoms with E-state index in [-0.39, 0.29) is 17.2 Å². The average molecular weight is 447 g/mol. The third kappa shape index (κ3) is 5.92. The van der Waals surface area contributed by atoms with Gasteiger partial charge in [0.05, 0.1) is 28.6 Å². The lowest BCUT2D eigenvalue weighted by Gasteiger charge is -2.16. The first-order valence-corrected chi connectivity index (χ1v) is 10.7. The molecule has 0 saturated heterocycles. The highest BCUT2D eigenvalue weighted by atomic mass is 35.5. The van der Waals surface area contributed by atoms with Gasteiger partial charge in [0.1, 0.15) is 11.5 Å². The van der Waals surface area contributed by atoms with Crippen LogP contribution in [0.3, 0.4) is 0 Å². The number of methoxy groups -OCH3 is 1. The van der Waals surface area contributed by atoms with E-state index in [0.29, 0.717) is 21.5 Å². The monoisotopic (exact) mass is 446 g/mol. The predicted molar refractivity (Wildman–Crippen MR) is 111 cm³/mol.